The van der Waals surface area contributed by atoms with E-state index in [-0.39, 0.29) is 12.6 Å². The molecule has 0 heterocycles. The molecule has 0 bridgehead atoms. The first-order valence-electron chi connectivity index (χ1n) is 6.12. The monoisotopic (exact) mass is 345 g/mol. The van der Waals surface area contributed by atoms with E-state index in [9.17, 15) is 31.1 Å². The summed E-state index contributed by atoms with van der Waals surface area (Å²) < 4.78 is 85.6. The molecule has 0 unspecified atom stereocenters. The first-order valence-corrected chi connectivity index (χ1v) is 6.12. The summed E-state index contributed by atoms with van der Waals surface area (Å²) in [6.45, 7) is -0.247. The van der Waals surface area contributed by atoms with Gasteiger partial charge in [0.25, 0.3) is 5.91 Å². The molecule has 0 spiro atoms. The summed E-state index contributed by atoms with van der Waals surface area (Å²) in [7, 11) is 2.51. The fourth-order valence-corrected chi connectivity index (χ4v) is 1.63. The van der Waals surface area contributed by atoms with E-state index in [1.807, 2.05) is 0 Å². The van der Waals surface area contributed by atoms with Crippen LogP contribution in [0.4, 0.5) is 26.3 Å². The van der Waals surface area contributed by atoms with E-state index in [4.69, 9.17) is 9.47 Å². The van der Waals surface area contributed by atoms with Crippen molar-refractivity contribution in [2.45, 2.75) is 18.6 Å². The summed E-state index contributed by atoms with van der Waals surface area (Å²) in [6.07, 6.45) is -10.9. The van der Waals surface area contributed by atoms with Crippen LogP contribution in [0.5, 0.6) is 0 Å². The number of benzene rings is 1. The molecule has 0 saturated carbocycles. The van der Waals surface area contributed by atoms with Gasteiger partial charge in [0.2, 0.25) is 0 Å². The van der Waals surface area contributed by atoms with Crippen LogP contribution in [0.25, 0.3) is 0 Å². The summed E-state index contributed by atoms with van der Waals surface area (Å²) in [5, 5.41) is 2.13. The number of halogens is 6. The summed E-state index contributed by atoms with van der Waals surface area (Å²) in [5.41, 5.74) is -3.89. The molecule has 4 nitrogen and oxygen atoms in total. The molecule has 1 N–H and O–H groups in total. The summed E-state index contributed by atoms with van der Waals surface area (Å²) in [4.78, 5) is 11.8. The Labute approximate surface area is 127 Å². The van der Waals surface area contributed by atoms with Gasteiger partial charge in [0, 0.05) is 19.8 Å². The molecule has 0 aromatic heterocycles. The van der Waals surface area contributed by atoms with Crippen LogP contribution in [0.2, 0.25) is 0 Å². The second-order valence-corrected chi connectivity index (χ2v) is 4.41. The predicted octanol–water partition coefficient (Wildman–Crippen LogP) is 3.07. The number of rotatable bonds is 5. The third kappa shape index (κ3) is 5.39. The van der Waals surface area contributed by atoms with Crippen LogP contribution in [0, 0.1) is 0 Å². The Hall–Kier alpha value is -1.81. The maximum absolute atomic E-state index is 12.7. The zero-order valence-corrected chi connectivity index (χ0v) is 12.0. The molecular weight excluding hydrogens is 332 g/mol. The Morgan fingerprint density at radius 1 is 1.00 bits per heavy atom. The lowest BCUT2D eigenvalue weighted by Crippen LogP contribution is -2.34. The van der Waals surface area contributed by atoms with Crippen molar-refractivity contribution in [1.82, 2.24) is 5.32 Å². The van der Waals surface area contributed by atoms with E-state index in [0.29, 0.717) is 12.1 Å². The van der Waals surface area contributed by atoms with Crippen molar-refractivity contribution in [1.29, 1.82) is 0 Å². The highest BCUT2D eigenvalue weighted by Gasteiger charge is 2.37. The maximum atomic E-state index is 12.7. The third-order valence-electron chi connectivity index (χ3n) is 2.80. The number of carbonyl (C=O) groups is 1. The van der Waals surface area contributed by atoms with Crippen LogP contribution in [0.1, 0.15) is 21.5 Å². The zero-order valence-electron chi connectivity index (χ0n) is 12.0. The Balaban J connectivity index is 3.12. The maximum Gasteiger partial charge on any atom is 0.416 e. The van der Waals surface area contributed by atoms with Crippen molar-refractivity contribution >= 4 is 5.91 Å². The first-order chi connectivity index (χ1) is 10.5. The van der Waals surface area contributed by atoms with Crippen LogP contribution < -0.4 is 5.32 Å². The fraction of sp³-hybridized carbons (Fsp3) is 0.462. The number of hydrogen-bond acceptors (Lipinski definition) is 3. The van der Waals surface area contributed by atoms with E-state index in [2.05, 4.69) is 5.32 Å². The van der Waals surface area contributed by atoms with Crippen LogP contribution >= 0.6 is 0 Å². The highest BCUT2D eigenvalue weighted by molar-refractivity contribution is 5.94. The molecule has 0 fully saturated rings. The minimum absolute atomic E-state index is 0.0517. The average Bonchev–Trinajstić information content (AvgIpc) is 2.45. The summed E-state index contributed by atoms with van der Waals surface area (Å²) in [5.74, 6) is -1.11. The predicted molar refractivity (Wildman–Crippen MR) is 66.6 cm³/mol. The summed E-state index contributed by atoms with van der Waals surface area (Å²) in [6, 6.07) is 0.641. The van der Waals surface area contributed by atoms with Crippen LogP contribution in [-0.2, 0) is 21.8 Å². The molecule has 0 radical (unpaired) electrons. The lowest BCUT2D eigenvalue weighted by atomic mass is 10.0. The number of nitrogens with one attached hydrogen (secondary N) is 1. The topological polar surface area (TPSA) is 47.6 Å². The van der Waals surface area contributed by atoms with Crippen molar-refractivity contribution in [2.75, 3.05) is 20.8 Å². The van der Waals surface area contributed by atoms with Gasteiger partial charge < -0.3 is 14.8 Å². The molecule has 0 atom stereocenters. The van der Waals surface area contributed by atoms with E-state index in [1.54, 1.807) is 0 Å². The second-order valence-electron chi connectivity index (χ2n) is 4.41. The highest BCUT2D eigenvalue weighted by Crippen LogP contribution is 2.36. The van der Waals surface area contributed by atoms with Gasteiger partial charge in [-0.05, 0) is 18.2 Å². The molecule has 0 aliphatic carbocycles. The van der Waals surface area contributed by atoms with Gasteiger partial charge in [-0.2, -0.15) is 26.3 Å². The quantitative estimate of drug-likeness (QED) is 0.659. The van der Waals surface area contributed by atoms with E-state index in [1.165, 1.54) is 14.2 Å². The number of ether oxygens (including phenoxy) is 2. The lowest BCUT2D eigenvalue weighted by molar-refractivity contribution is -0.143. The molecule has 130 valence electrons. The largest absolute Gasteiger partial charge is 0.416 e. The SMILES string of the molecule is COC(CNC(=O)c1cc(C(F)(F)F)cc(C(F)(F)F)c1)OC. The average molecular weight is 345 g/mol. The van der Waals surface area contributed by atoms with E-state index >= 15 is 0 Å². The van der Waals surface area contributed by atoms with Crippen molar-refractivity contribution in [3.05, 3.63) is 34.9 Å². The van der Waals surface area contributed by atoms with Gasteiger partial charge in [-0.1, -0.05) is 0 Å². The molecule has 1 rings (SSSR count). The molecule has 0 saturated heterocycles. The number of alkyl halides is 6. The third-order valence-corrected chi connectivity index (χ3v) is 2.80. The van der Waals surface area contributed by atoms with Gasteiger partial charge in [0.15, 0.2) is 6.29 Å². The molecule has 1 aromatic rings. The normalized spacial score (nSPS) is 12.6. The molecule has 23 heavy (non-hydrogen) atoms. The number of carbonyl (C=O) groups excluding carboxylic acids is 1. The van der Waals surface area contributed by atoms with Crippen molar-refractivity contribution < 1.29 is 40.6 Å². The minimum Gasteiger partial charge on any atom is -0.354 e. The minimum atomic E-state index is -5.02. The molecule has 1 amide bonds. The number of hydrogen-bond donors (Lipinski definition) is 1. The molecule has 0 aliphatic rings. The van der Waals surface area contributed by atoms with Crippen molar-refractivity contribution in [3.8, 4) is 0 Å². The van der Waals surface area contributed by atoms with Gasteiger partial charge >= 0.3 is 12.4 Å². The molecule has 10 heteroatoms. The van der Waals surface area contributed by atoms with E-state index < -0.39 is 41.2 Å². The molecule has 1 aromatic carbocycles. The Morgan fingerprint density at radius 3 is 1.78 bits per heavy atom. The van der Waals surface area contributed by atoms with Gasteiger partial charge in [0.1, 0.15) is 0 Å². The van der Waals surface area contributed by atoms with Crippen LogP contribution in [0.3, 0.4) is 0 Å². The Bertz CT molecular complexity index is 519. The zero-order chi connectivity index (χ0) is 17.8. The molecule has 0 aliphatic heterocycles. The standard InChI is InChI=1S/C13H13F6NO3/c1-22-10(23-2)6-20-11(21)7-3-8(12(14,15)16)5-9(4-7)13(17,18)19/h3-5,10H,6H2,1-2H3,(H,20,21). The van der Waals surface area contributed by atoms with Gasteiger partial charge in [-0.25, -0.2) is 0 Å². The van der Waals surface area contributed by atoms with Crippen LogP contribution in [-0.4, -0.2) is 33.0 Å². The Morgan fingerprint density at radius 2 is 1.43 bits per heavy atom. The smallest absolute Gasteiger partial charge is 0.354 e. The highest BCUT2D eigenvalue weighted by atomic mass is 19.4. The summed E-state index contributed by atoms with van der Waals surface area (Å²) >= 11 is 0. The van der Waals surface area contributed by atoms with E-state index in [0.717, 1.165) is 0 Å². The number of methoxy groups -OCH3 is 2. The van der Waals surface area contributed by atoms with Gasteiger partial charge in [-0.3, -0.25) is 4.79 Å². The Kier molecular flexibility index (Phi) is 6.00. The van der Waals surface area contributed by atoms with Gasteiger partial charge in [-0.15, -0.1) is 0 Å². The second kappa shape index (κ2) is 7.18. The lowest BCUT2D eigenvalue weighted by Gasteiger charge is -2.16. The number of amides is 1. The van der Waals surface area contributed by atoms with Gasteiger partial charge in [0.05, 0.1) is 17.7 Å². The fourth-order valence-electron chi connectivity index (χ4n) is 1.63. The first kappa shape index (κ1) is 19.2. The molecular formula is C13H13F6NO3. The van der Waals surface area contributed by atoms with Crippen molar-refractivity contribution in [2.24, 2.45) is 0 Å². The van der Waals surface area contributed by atoms with Crippen LogP contribution in [0.15, 0.2) is 18.2 Å². The van der Waals surface area contributed by atoms with Crippen molar-refractivity contribution in [3.63, 3.8) is 0 Å².